The second-order valence-electron chi connectivity index (χ2n) is 6.41. The van der Waals surface area contributed by atoms with Gasteiger partial charge in [0.05, 0.1) is 23.4 Å². The van der Waals surface area contributed by atoms with Crippen molar-refractivity contribution in [3.63, 3.8) is 0 Å². The van der Waals surface area contributed by atoms with E-state index in [4.69, 9.17) is 4.74 Å². The number of rotatable bonds is 6. The van der Waals surface area contributed by atoms with Crippen LogP contribution < -0.4 is 9.46 Å². The molecule has 1 aromatic heterocycles. The topological polar surface area (TPSA) is 73.2 Å². The number of anilines is 1. The third-order valence-corrected chi connectivity index (χ3v) is 5.97. The van der Waals surface area contributed by atoms with Gasteiger partial charge in [-0.2, -0.15) is 0 Å². The Labute approximate surface area is 158 Å². The predicted molar refractivity (Wildman–Crippen MR) is 104 cm³/mol. The van der Waals surface area contributed by atoms with Crippen molar-refractivity contribution >= 4 is 15.7 Å². The van der Waals surface area contributed by atoms with Crippen molar-refractivity contribution in [2.24, 2.45) is 0 Å². The van der Waals surface area contributed by atoms with E-state index in [-0.39, 0.29) is 4.90 Å². The van der Waals surface area contributed by atoms with Crippen LogP contribution in [0.3, 0.4) is 0 Å². The van der Waals surface area contributed by atoms with Crippen molar-refractivity contribution in [2.45, 2.75) is 31.2 Å². The summed E-state index contributed by atoms with van der Waals surface area (Å²) >= 11 is 0. The minimum atomic E-state index is -3.67. The van der Waals surface area contributed by atoms with Gasteiger partial charge in [0, 0.05) is 24.2 Å². The zero-order valence-electron chi connectivity index (χ0n) is 15.1. The molecule has 4 rings (SSSR count). The fourth-order valence-corrected chi connectivity index (χ4v) is 4.38. The summed E-state index contributed by atoms with van der Waals surface area (Å²) in [6, 6.07) is 13.8. The first-order valence-corrected chi connectivity index (χ1v) is 10.5. The van der Waals surface area contributed by atoms with Gasteiger partial charge in [-0.25, -0.2) is 13.4 Å². The van der Waals surface area contributed by atoms with Crippen molar-refractivity contribution in [1.29, 1.82) is 0 Å². The molecule has 0 atom stereocenters. The number of sulfonamides is 1. The minimum Gasteiger partial charge on any atom is -0.494 e. The number of hydrogen-bond donors (Lipinski definition) is 1. The van der Waals surface area contributed by atoms with Crippen LogP contribution in [0.25, 0.3) is 11.3 Å². The average molecular weight is 383 g/mol. The number of nitrogens with one attached hydrogen (secondary N) is 1. The SMILES string of the molecule is CCOc1ccc(S(=O)(=O)Nc2cccc(-c3cnc4n3CCC4)c2)cc1. The van der Waals surface area contributed by atoms with Crippen LogP contribution in [0.2, 0.25) is 0 Å². The van der Waals surface area contributed by atoms with E-state index in [9.17, 15) is 8.42 Å². The zero-order chi connectivity index (χ0) is 18.9. The Bertz CT molecular complexity index is 1060. The Morgan fingerprint density at radius 1 is 1.19 bits per heavy atom. The lowest BCUT2D eigenvalue weighted by atomic mass is 10.1. The molecule has 1 aliphatic rings. The van der Waals surface area contributed by atoms with E-state index >= 15 is 0 Å². The molecule has 140 valence electrons. The predicted octanol–water partition coefficient (Wildman–Crippen LogP) is 3.70. The molecule has 0 aliphatic carbocycles. The van der Waals surface area contributed by atoms with Gasteiger partial charge in [0.25, 0.3) is 10.0 Å². The smallest absolute Gasteiger partial charge is 0.261 e. The zero-order valence-corrected chi connectivity index (χ0v) is 15.9. The molecule has 0 spiro atoms. The Morgan fingerprint density at radius 2 is 2.00 bits per heavy atom. The Morgan fingerprint density at radius 3 is 2.78 bits per heavy atom. The molecule has 1 N–H and O–H groups in total. The minimum absolute atomic E-state index is 0.196. The monoisotopic (exact) mass is 383 g/mol. The molecule has 6 nitrogen and oxygen atoms in total. The standard InChI is InChI=1S/C20H21N3O3S/c1-2-26-17-8-10-18(11-9-17)27(24,25)22-16-6-3-5-15(13-16)19-14-21-20-7-4-12-23(19)20/h3,5-6,8-11,13-14,22H,2,4,7,12H2,1H3. The van der Waals surface area contributed by atoms with Crippen molar-refractivity contribution in [2.75, 3.05) is 11.3 Å². The van der Waals surface area contributed by atoms with Gasteiger partial charge < -0.3 is 9.30 Å². The summed E-state index contributed by atoms with van der Waals surface area (Å²) in [7, 11) is -3.67. The largest absolute Gasteiger partial charge is 0.494 e. The van der Waals surface area contributed by atoms with Gasteiger partial charge in [0.2, 0.25) is 0 Å². The van der Waals surface area contributed by atoms with Crippen LogP contribution >= 0.6 is 0 Å². The number of fused-ring (bicyclic) bond motifs is 1. The summed E-state index contributed by atoms with van der Waals surface area (Å²) in [6.07, 6.45) is 3.94. The molecule has 0 fully saturated rings. The summed E-state index contributed by atoms with van der Waals surface area (Å²) in [5.74, 6) is 1.73. The molecule has 1 aliphatic heterocycles. The summed E-state index contributed by atoms with van der Waals surface area (Å²) in [5, 5.41) is 0. The molecule has 0 unspecified atom stereocenters. The first kappa shape index (κ1) is 17.6. The summed E-state index contributed by atoms with van der Waals surface area (Å²) < 4.78 is 35.6. The third-order valence-electron chi connectivity index (χ3n) is 4.58. The maximum absolute atomic E-state index is 12.7. The third kappa shape index (κ3) is 3.55. The Hall–Kier alpha value is -2.80. The Balaban J connectivity index is 1.58. The van der Waals surface area contributed by atoms with Gasteiger partial charge in [-0.3, -0.25) is 4.72 Å². The van der Waals surface area contributed by atoms with Crippen LogP contribution in [-0.2, 0) is 23.0 Å². The average Bonchev–Trinajstić information content (AvgIpc) is 3.26. The number of ether oxygens (including phenoxy) is 1. The number of benzene rings is 2. The Kier molecular flexibility index (Phi) is 4.61. The quantitative estimate of drug-likeness (QED) is 0.704. The molecule has 0 radical (unpaired) electrons. The maximum Gasteiger partial charge on any atom is 0.261 e. The van der Waals surface area contributed by atoms with Crippen LogP contribution in [-0.4, -0.2) is 24.6 Å². The van der Waals surface area contributed by atoms with Gasteiger partial charge in [0.1, 0.15) is 11.6 Å². The van der Waals surface area contributed by atoms with Crippen LogP contribution in [0.4, 0.5) is 5.69 Å². The molecule has 2 aromatic carbocycles. The lowest BCUT2D eigenvalue weighted by Gasteiger charge is -2.11. The van der Waals surface area contributed by atoms with E-state index in [1.807, 2.05) is 31.3 Å². The van der Waals surface area contributed by atoms with Gasteiger partial charge >= 0.3 is 0 Å². The number of aryl methyl sites for hydroxylation is 1. The van der Waals surface area contributed by atoms with Crippen molar-refractivity contribution in [1.82, 2.24) is 9.55 Å². The van der Waals surface area contributed by atoms with E-state index in [1.165, 1.54) is 0 Å². The first-order valence-electron chi connectivity index (χ1n) is 8.97. The van der Waals surface area contributed by atoms with Gasteiger partial charge in [0.15, 0.2) is 0 Å². The van der Waals surface area contributed by atoms with E-state index in [1.54, 1.807) is 30.3 Å². The van der Waals surface area contributed by atoms with Crippen LogP contribution in [0.15, 0.2) is 59.6 Å². The molecule has 7 heteroatoms. The molecule has 0 bridgehead atoms. The number of nitrogens with zero attached hydrogens (tertiary/aromatic N) is 2. The van der Waals surface area contributed by atoms with Crippen LogP contribution in [0, 0.1) is 0 Å². The number of aromatic nitrogens is 2. The van der Waals surface area contributed by atoms with Gasteiger partial charge in [-0.1, -0.05) is 12.1 Å². The van der Waals surface area contributed by atoms with Crippen LogP contribution in [0.5, 0.6) is 5.75 Å². The summed E-state index contributed by atoms with van der Waals surface area (Å²) in [5.41, 5.74) is 2.49. The first-order chi connectivity index (χ1) is 13.1. The normalized spacial score (nSPS) is 13.4. The number of imidazole rings is 1. The maximum atomic E-state index is 12.7. The molecule has 0 saturated carbocycles. The molecule has 0 amide bonds. The van der Waals surface area contributed by atoms with Gasteiger partial charge in [-0.15, -0.1) is 0 Å². The second kappa shape index (κ2) is 7.08. The highest BCUT2D eigenvalue weighted by Crippen LogP contribution is 2.28. The fourth-order valence-electron chi connectivity index (χ4n) is 3.33. The van der Waals surface area contributed by atoms with E-state index in [2.05, 4.69) is 14.3 Å². The van der Waals surface area contributed by atoms with E-state index < -0.39 is 10.0 Å². The summed E-state index contributed by atoms with van der Waals surface area (Å²) in [6.45, 7) is 3.37. The molecular weight excluding hydrogens is 362 g/mol. The number of hydrogen-bond acceptors (Lipinski definition) is 4. The van der Waals surface area contributed by atoms with Crippen molar-refractivity contribution < 1.29 is 13.2 Å². The fraction of sp³-hybridized carbons (Fsp3) is 0.250. The second-order valence-corrected chi connectivity index (χ2v) is 8.09. The van der Waals surface area contributed by atoms with E-state index in [0.29, 0.717) is 18.0 Å². The van der Waals surface area contributed by atoms with Gasteiger partial charge in [-0.05, 0) is 49.7 Å². The van der Waals surface area contributed by atoms with Crippen LogP contribution in [0.1, 0.15) is 19.2 Å². The highest BCUT2D eigenvalue weighted by Gasteiger charge is 2.18. The highest BCUT2D eigenvalue weighted by molar-refractivity contribution is 7.92. The van der Waals surface area contributed by atoms with Crippen molar-refractivity contribution in [3.05, 3.63) is 60.6 Å². The molecule has 27 heavy (non-hydrogen) atoms. The molecule has 2 heterocycles. The lowest BCUT2D eigenvalue weighted by Crippen LogP contribution is -2.13. The molecular formula is C20H21N3O3S. The lowest BCUT2D eigenvalue weighted by molar-refractivity contribution is 0.340. The molecule has 3 aromatic rings. The summed E-state index contributed by atoms with van der Waals surface area (Å²) in [4.78, 5) is 4.66. The molecule has 0 saturated heterocycles. The van der Waals surface area contributed by atoms with Crippen molar-refractivity contribution in [3.8, 4) is 17.0 Å². The highest BCUT2D eigenvalue weighted by atomic mass is 32.2. The van der Waals surface area contributed by atoms with E-state index in [0.717, 1.165) is 36.5 Å².